The predicted molar refractivity (Wildman–Crippen MR) is 62.6 cm³/mol. The lowest BCUT2D eigenvalue weighted by molar-refractivity contribution is -0.118. The third-order valence-electron chi connectivity index (χ3n) is 2.78. The van der Waals surface area contributed by atoms with Crippen molar-refractivity contribution in [2.45, 2.75) is 59.0 Å². The summed E-state index contributed by atoms with van der Waals surface area (Å²) >= 11 is 0. The van der Waals surface area contributed by atoms with Gasteiger partial charge in [-0.1, -0.05) is 26.2 Å². The molecule has 3 nitrogen and oxygen atoms in total. The van der Waals surface area contributed by atoms with Crippen LogP contribution in [0.25, 0.3) is 0 Å². The van der Waals surface area contributed by atoms with E-state index in [-0.39, 0.29) is 12.0 Å². The van der Waals surface area contributed by atoms with Crippen molar-refractivity contribution in [3.63, 3.8) is 0 Å². The monoisotopic (exact) mass is 215 g/mol. The molecule has 0 heterocycles. The molecule has 0 aliphatic heterocycles. The number of unbranched alkanes of at least 4 members (excludes halogenated alkanes) is 3. The highest BCUT2D eigenvalue weighted by atomic mass is 16.3. The van der Waals surface area contributed by atoms with E-state index in [1.165, 1.54) is 12.8 Å². The van der Waals surface area contributed by atoms with E-state index in [0.717, 1.165) is 25.8 Å². The number of aliphatic hydroxyl groups excluding tert-OH is 1. The van der Waals surface area contributed by atoms with Gasteiger partial charge in [0.05, 0.1) is 6.10 Å². The maximum absolute atomic E-state index is 10.6. The Balaban J connectivity index is 3.15. The molecule has 0 fully saturated rings. The molecule has 0 aliphatic rings. The second-order valence-electron chi connectivity index (χ2n) is 4.40. The molecular formula is C12H25NO2. The second-order valence-corrected chi connectivity index (χ2v) is 4.40. The van der Waals surface area contributed by atoms with Gasteiger partial charge in [0.1, 0.15) is 0 Å². The SMILES string of the molecule is CC(=O)NCCCCCCC(C)C(C)O. The van der Waals surface area contributed by atoms with Crippen LogP contribution in [0.5, 0.6) is 0 Å². The highest BCUT2D eigenvalue weighted by Crippen LogP contribution is 2.13. The third-order valence-corrected chi connectivity index (χ3v) is 2.78. The largest absolute Gasteiger partial charge is 0.393 e. The average Bonchev–Trinajstić information content (AvgIpc) is 2.15. The Labute approximate surface area is 93.3 Å². The van der Waals surface area contributed by atoms with Crippen LogP contribution >= 0.6 is 0 Å². The van der Waals surface area contributed by atoms with Crippen LogP contribution in [-0.4, -0.2) is 23.7 Å². The zero-order chi connectivity index (χ0) is 11.7. The van der Waals surface area contributed by atoms with Crippen LogP contribution in [-0.2, 0) is 4.79 Å². The molecule has 90 valence electrons. The first kappa shape index (κ1) is 14.4. The quantitative estimate of drug-likeness (QED) is 0.609. The molecule has 0 aromatic rings. The maximum Gasteiger partial charge on any atom is 0.216 e. The Morgan fingerprint density at radius 1 is 1.20 bits per heavy atom. The third kappa shape index (κ3) is 9.73. The van der Waals surface area contributed by atoms with Crippen LogP contribution in [0.3, 0.4) is 0 Å². The fourth-order valence-corrected chi connectivity index (χ4v) is 1.45. The van der Waals surface area contributed by atoms with Crippen LogP contribution < -0.4 is 5.32 Å². The summed E-state index contributed by atoms with van der Waals surface area (Å²) < 4.78 is 0. The normalized spacial score (nSPS) is 14.7. The lowest BCUT2D eigenvalue weighted by Crippen LogP contribution is -2.20. The molecule has 1 amide bonds. The summed E-state index contributed by atoms with van der Waals surface area (Å²) in [4.78, 5) is 10.6. The number of hydrogen-bond acceptors (Lipinski definition) is 2. The molecule has 0 rings (SSSR count). The van der Waals surface area contributed by atoms with Crippen LogP contribution in [0, 0.1) is 5.92 Å². The van der Waals surface area contributed by atoms with E-state index in [0.29, 0.717) is 5.92 Å². The maximum atomic E-state index is 10.6. The van der Waals surface area contributed by atoms with Gasteiger partial charge < -0.3 is 10.4 Å². The van der Waals surface area contributed by atoms with Gasteiger partial charge in [-0.25, -0.2) is 0 Å². The van der Waals surface area contributed by atoms with Crippen LogP contribution in [0.15, 0.2) is 0 Å². The summed E-state index contributed by atoms with van der Waals surface area (Å²) in [5.41, 5.74) is 0. The van der Waals surface area contributed by atoms with Crippen molar-refractivity contribution in [1.82, 2.24) is 5.32 Å². The zero-order valence-corrected chi connectivity index (χ0v) is 10.3. The van der Waals surface area contributed by atoms with Crippen LogP contribution in [0.4, 0.5) is 0 Å². The summed E-state index contributed by atoms with van der Waals surface area (Å²) in [5.74, 6) is 0.457. The molecular weight excluding hydrogens is 190 g/mol. The smallest absolute Gasteiger partial charge is 0.216 e. The number of rotatable bonds is 8. The van der Waals surface area contributed by atoms with Gasteiger partial charge in [-0.2, -0.15) is 0 Å². The van der Waals surface area contributed by atoms with E-state index >= 15 is 0 Å². The van der Waals surface area contributed by atoms with Gasteiger partial charge in [0.25, 0.3) is 0 Å². The predicted octanol–water partition coefficient (Wildman–Crippen LogP) is 2.09. The van der Waals surface area contributed by atoms with Gasteiger partial charge in [-0.05, 0) is 25.7 Å². The number of carbonyl (C=O) groups is 1. The van der Waals surface area contributed by atoms with E-state index < -0.39 is 0 Å². The van der Waals surface area contributed by atoms with Crippen molar-refractivity contribution >= 4 is 5.91 Å². The molecule has 0 saturated carbocycles. The Hall–Kier alpha value is -0.570. The van der Waals surface area contributed by atoms with Gasteiger partial charge >= 0.3 is 0 Å². The molecule has 0 aliphatic carbocycles. The molecule has 3 heteroatoms. The summed E-state index contributed by atoms with van der Waals surface area (Å²) in [5, 5.41) is 12.1. The molecule has 0 spiro atoms. The summed E-state index contributed by atoms with van der Waals surface area (Å²) in [6, 6.07) is 0. The number of aliphatic hydroxyl groups is 1. The molecule has 0 aromatic carbocycles. The molecule has 15 heavy (non-hydrogen) atoms. The van der Waals surface area contributed by atoms with Gasteiger partial charge in [-0.3, -0.25) is 4.79 Å². The minimum Gasteiger partial charge on any atom is -0.393 e. The number of carbonyl (C=O) groups excluding carboxylic acids is 1. The van der Waals surface area contributed by atoms with Crippen molar-refractivity contribution in [2.75, 3.05) is 6.54 Å². The minimum absolute atomic E-state index is 0.0535. The topological polar surface area (TPSA) is 49.3 Å². The van der Waals surface area contributed by atoms with E-state index in [2.05, 4.69) is 12.2 Å². The lowest BCUT2D eigenvalue weighted by Gasteiger charge is -2.13. The van der Waals surface area contributed by atoms with Gasteiger partial charge in [0.2, 0.25) is 5.91 Å². The molecule has 0 aromatic heterocycles. The van der Waals surface area contributed by atoms with E-state index in [1.54, 1.807) is 6.92 Å². The van der Waals surface area contributed by atoms with Gasteiger partial charge in [-0.15, -0.1) is 0 Å². The Morgan fingerprint density at radius 2 is 1.80 bits per heavy atom. The molecule has 2 unspecified atom stereocenters. The number of hydrogen-bond donors (Lipinski definition) is 2. The van der Waals surface area contributed by atoms with Crippen molar-refractivity contribution in [1.29, 1.82) is 0 Å². The number of amides is 1. The van der Waals surface area contributed by atoms with E-state index in [4.69, 9.17) is 0 Å². The molecule has 0 radical (unpaired) electrons. The second kappa shape index (κ2) is 8.72. The summed E-state index contributed by atoms with van der Waals surface area (Å²) in [6.45, 7) is 6.27. The highest BCUT2D eigenvalue weighted by molar-refractivity contribution is 5.72. The van der Waals surface area contributed by atoms with Gasteiger partial charge in [0, 0.05) is 13.5 Å². The molecule has 0 saturated heterocycles. The standard InChI is InChI=1S/C12H25NO2/c1-10(11(2)14)8-6-4-5-7-9-13-12(3)15/h10-11,14H,4-9H2,1-3H3,(H,13,15). The highest BCUT2D eigenvalue weighted by Gasteiger charge is 2.07. The van der Waals surface area contributed by atoms with Crippen molar-refractivity contribution in [3.8, 4) is 0 Å². The van der Waals surface area contributed by atoms with Crippen LogP contribution in [0.1, 0.15) is 52.9 Å². The van der Waals surface area contributed by atoms with Crippen molar-refractivity contribution in [3.05, 3.63) is 0 Å². The van der Waals surface area contributed by atoms with Crippen LogP contribution in [0.2, 0.25) is 0 Å². The first-order valence-corrected chi connectivity index (χ1v) is 5.96. The van der Waals surface area contributed by atoms with E-state index in [9.17, 15) is 9.90 Å². The van der Waals surface area contributed by atoms with Gasteiger partial charge in [0.15, 0.2) is 0 Å². The van der Waals surface area contributed by atoms with Crippen molar-refractivity contribution < 1.29 is 9.90 Å². The minimum atomic E-state index is -0.190. The zero-order valence-electron chi connectivity index (χ0n) is 10.3. The molecule has 2 N–H and O–H groups in total. The molecule has 2 atom stereocenters. The number of nitrogens with one attached hydrogen (secondary N) is 1. The lowest BCUT2D eigenvalue weighted by atomic mass is 9.98. The Bertz CT molecular complexity index is 169. The molecule has 0 bridgehead atoms. The fraction of sp³-hybridized carbons (Fsp3) is 0.917. The first-order chi connectivity index (χ1) is 7.04. The Kier molecular flexibility index (Phi) is 8.38. The van der Waals surface area contributed by atoms with Crippen molar-refractivity contribution in [2.24, 2.45) is 5.92 Å². The Morgan fingerprint density at radius 3 is 2.33 bits per heavy atom. The van der Waals surface area contributed by atoms with E-state index in [1.807, 2.05) is 6.92 Å². The summed E-state index contributed by atoms with van der Waals surface area (Å²) in [7, 11) is 0. The average molecular weight is 215 g/mol. The summed E-state index contributed by atoms with van der Waals surface area (Å²) in [6.07, 6.45) is 5.49. The first-order valence-electron chi connectivity index (χ1n) is 5.96. The fourth-order valence-electron chi connectivity index (χ4n) is 1.45.